The fraction of sp³-hybridized carbons (Fsp3) is 0.154. The number of thioether (sulfide) groups is 1. The summed E-state index contributed by atoms with van der Waals surface area (Å²) in [5.41, 5.74) is 3.02. The highest BCUT2D eigenvalue weighted by Gasteiger charge is 2.23. The molecule has 0 aliphatic carbocycles. The van der Waals surface area contributed by atoms with E-state index in [1.54, 1.807) is 18.3 Å². The first-order chi connectivity index (χ1) is 17.6. The van der Waals surface area contributed by atoms with Crippen molar-refractivity contribution in [3.8, 4) is 22.5 Å². The number of aromatic nitrogens is 3. The summed E-state index contributed by atoms with van der Waals surface area (Å²) in [7, 11) is 1.90. The molecule has 0 unspecified atom stereocenters. The molecule has 5 rings (SSSR count). The van der Waals surface area contributed by atoms with Crippen molar-refractivity contribution in [2.24, 2.45) is 7.05 Å². The molecule has 0 saturated heterocycles. The van der Waals surface area contributed by atoms with Crippen LogP contribution in [-0.2, 0) is 16.6 Å². The number of nitrogens with one attached hydrogen (secondary N) is 1. The molecular weight excluding hydrogens is 513 g/mol. The third-order valence-electron chi connectivity index (χ3n) is 5.50. The number of rotatable bonds is 8. The largest absolute Gasteiger partial charge is 0.462 e. The molecule has 0 aliphatic rings. The Bertz CT molecular complexity index is 1540. The second kappa shape index (κ2) is 10.7. The number of amides is 1. The zero-order chi connectivity index (χ0) is 25.1. The fourth-order valence-corrected chi connectivity index (χ4v) is 6.43. The third kappa shape index (κ3) is 4.79. The summed E-state index contributed by atoms with van der Waals surface area (Å²) in [4.78, 5) is 25.6. The van der Waals surface area contributed by atoms with Crippen LogP contribution < -0.4 is 5.32 Å². The number of hydrogen-bond acceptors (Lipinski definition) is 8. The molecule has 0 saturated carbocycles. The maximum absolute atomic E-state index is 12.9. The molecule has 0 spiro atoms. The molecule has 0 radical (unpaired) electrons. The van der Waals surface area contributed by atoms with Crippen molar-refractivity contribution in [3.05, 3.63) is 70.9 Å². The van der Waals surface area contributed by atoms with Gasteiger partial charge in [-0.1, -0.05) is 60.3 Å². The molecule has 0 aliphatic heterocycles. The zero-order valence-corrected chi connectivity index (χ0v) is 22.0. The Morgan fingerprint density at radius 2 is 1.75 bits per heavy atom. The van der Waals surface area contributed by atoms with Gasteiger partial charge in [-0.2, -0.15) is 0 Å². The van der Waals surface area contributed by atoms with E-state index in [4.69, 9.17) is 4.74 Å². The van der Waals surface area contributed by atoms with Crippen molar-refractivity contribution in [1.82, 2.24) is 14.8 Å². The zero-order valence-electron chi connectivity index (χ0n) is 19.6. The van der Waals surface area contributed by atoms with E-state index in [-0.39, 0.29) is 18.3 Å². The van der Waals surface area contributed by atoms with Crippen molar-refractivity contribution in [2.75, 3.05) is 17.7 Å². The molecular formula is C26H22N4O3S3. The molecule has 3 heterocycles. The van der Waals surface area contributed by atoms with Crippen LogP contribution in [0.3, 0.4) is 0 Å². The topological polar surface area (TPSA) is 86.1 Å². The first-order valence-electron chi connectivity index (χ1n) is 11.2. The number of esters is 1. The van der Waals surface area contributed by atoms with E-state index in [1.165, 1.54) is 27.8 Å². The van der Waals surface area contributed by atoms with Gasteiger partial charge in [0.2, 0.25) is 5.91 Å². The maximum Gasteiger partial charge on any atom is 0.341 e. The van der Waals surface area contributed by atoms with Crippen LogP contribution in [0.5, 0.6) is 0 Å². The van der Waals surface area contributed by atoms with Gasteiger partial charge < -0.3 is 14.6 Å². The molecule has 10 heteroatoms. The highest BCUT2D eigenvalue weighted by molar-refractivity contribution is 7.99. The molecule has 2 aromatic carbocycles. The summed E-state index contributed by atoms with van der Waals surface area (Å²) in [5.74, 6) is 0.182. The standard InChI is InChI=1S/C26H22N4O3S3/c1-3-33-25(32)22-18(16-9-5-4-6-10-16)13-35-24(22)27-21(31)15-36-26-29-28-23(30(26)2)19-14-34-20-12-8-7-11-17(19)20/h4-14H,3,15H2,1-2H3,(H,27,31). The minimum atomic E-state index is -0.457. The molecule has 1 N–H and O–H groups in total. The number of fused-ring (bicyclic) bond motifs is 1. The number of nitrogens with zero attached hydrogens (tertiary/aromatic N) is 3. The number of hydrogen-bond donors (Lipinski definition) is 1. The Labute approximate surface area is 220 Å². The predicted octanol–water partition coefficient (Wildman–Crippen LogP) is 6.33. The van der Waals surface area contributed by atoms with Gasteiger partial charge in [0.15, 0.2) is 11.0 Å². The molecule has 182 valence electrons. The summed E-state index contributed by atoms with van der Waals surface area (Å²) < 4.78 is 8.36. The predicted molar refractivity (Wildman–Crippen MR) is 147 cm³/mol. The molecule has 1 amide bonds. The number of anilines is 1. The molecule has 36 heavy (non-hydrogen) atoms. The SMILES string of the molecule is CCOC(=O)c1c(-c2ccccc2)csc1NC(=O)CSc1nnc(-c2csc3ccccc23)n1C. The van der Waals surface area contributed by atoms with Gasteiger partial charge in [-0.15, -0.1) is 32.9 Å². The van der Waals surface area contributed by atoms with Crippen molar-refractivity contribution in [1.29, 1.82) is 0 Å². The first-order valence-corrected chi connectivity index (χ1v) is 13.9. The van der Waals surface area contributed by atoms with Gasteiger partial charge in [0.25, 0.3) is 0 Å². The Hall–Kier alpha value is -3.47. The molecule has 0 fully saturated rings. The van der Waals surface area contributed by atoms with E-state index in [0.717, 1.165) is 27.9 Å². The average molecular weight is 535 g/mol. The minimum absolute atomic E-state index is 0.122. The van der Waals surface area contributed by atoms with Gasteiger partial charge in [-0.3, -0.25) is 4.79 Å². The number of carbonyl (C=O) groups is 2. The van der Waals surface area contributed by atoms with Crippen LogP contribution in [0.1, 0.15) is 17.3 Å². The van der Waals surface area contributed by atoms with E-state index in [2.05, 4.69) is 33.0 Å². The fourth-order valence-electron chi connectivity index (χ4n) is 3.80. The van der Waals surface area contributed by atoms with Gasteiger partial charge in [0.1, 0.15) is 10.6 Å². The Kier molecular flexibility index (Phi) is 7.17. The van der Waals surface area contributed by atoms with Crippen LogP contribution in [0, 0.1) is 0 Å². The van der Waals surface area contributed by atoms with Crippen molar-refractivity contribution >= 4 is 61.4 Å². The summed E-state index contributed by atoms with van der Waals surface area (Å²) >= 11 is 4.27. The van der Waals surface area contributed by atoms with E-state index < -0.39 is 5.97 Å². The highest BCUT2D eigenvalue weighted by Crippen LogP contribution is 2.37. The van der Waals surface area contributed by atoms with Gasteiger partial charge in [0, 0.05) is 39.0 Å². The normalized spacial score (nSPS) is 11.1. The first kappa shape index (κ1) is 24.2. The van der Waals surface area contributed by atoms with E-state index in [1.807, 2.05) is 59.5 Å². The van der Waals surface area contributed by atoms with Crippen LogP contribution in [0.2, 0.25) is 0 Å². The average Bonchev–Trinajstić information content (AvgIpc) is 3.60. The minimum Gasteiger partial charge on any atom is -0.462 e. The number of benzene rings is 2. The van der Waals surface area contributed by atoms with E-state index >= 15 is 0 Å². The van der Waals surface area contributed by atoms with Crippen LogP contribution >= 0.6 is 34.4 Å². The molecule has 7 nitrogen and oxygen atoms in total. The molecule has 0 atom stereocenters. The van der Waals surface area contributed by atoms with Crippen LogP contribution in [0.15, 0.2) is 70.5 Å². The van der Waals surface area contributed by atoms with Crippen LogP contribution in [-0.4, -0.2) is 39.0 Å². The van der Waals surface area contributed by atoms with Gasteiger partial charge in [0.05, 0.1) is 12.4 Å². The lowest BCUT2D eigenvalue weighted by Gasteiger charge is -2.09. The lowest BCUT2D eigenvalue weighted by atomic mass is 10.0. The number of thiophene rings is 2. The second-order valence-electron chi connectivity index (χ2n) is 7.79. The molecule has 0 bridgehead atoms. The summed E-state index contributed by atoms with van der Waals surface area (Å²) in [6.07, 6.45) is 0. The number of ether oxygens (including phenoxy) is 1. The van der Waals surface area contributed by atoms with Crippen molar-refractivity contribution < 1.29 is 14.3 Å². The number of carbonyl (C=O) groups excluding carboxylic acids is 2. The maximum atomic E-state index is 12.9. The third-order valence-corrected chi connectivity index (χ3v) is 8.38. The van der Waals surface area contributed by atoms with Gasteiger partial charge in [-0.05, 0) is 18.6 Å². The second-order valence-corrected chi connectivity index (χ2v) is 10.5. The summed E-state index contributed by atoms with van der Waals surface area (Å²) in [5, 5.41) is 17.7. The lowest BCUT2D eigenvalue weighted by Crippen LogP contribution is -2.16. The van der Waals surface area contributed by atoms with Crippen molar-refractivity contribution in [2.45, 2.75) is 12.1 Å². The van der Waals surface area contributed by atoms with Crippen LogP contribution in [0.4, 0.5) is 5.00 Å². The van der Waals surface area contributed by atoms with Crippen molar-refractivity contribution in [3.63, 3.8) is 0 Å². The van der Waals surface area contributed by atoms with E-state index in [0.29, 0.717) is 15.7 Å². The Morgan fingerprint density at radius 1 is 1.00 bits per heavy atom. The van der Waals surface area contributed by atoms with Gasteiger partial charge >= 0.3 is 5.97 Å². The smallest absolute Gasteiger partial charge is 0.341 e. The lowest BCUT2D eigenvalue weighted by molar-refractivity contribution is -0.113. The molecule has 5 aromatic rings. The Morgan fingerprint density at radius 3 is 2.56 bits per heavy atom. The highest BCUT2D eigenvalue weighted by atomic mass is 32.2. The van der Waals surface area contributed by atoms with Crippen LogP contribution in [0.25, 0.3) is 32.6 Å². The summed E-state index contributed by atoms with van der Waals surface area (Å²) in [6, 6.07) is 17.8. The Balaban J connectivity index is 1.32. The summed E-state index contributed by atoms with van der Waals surface area (Å²) in [6.45, 7) is 2.01. The monoisotopic (exact) mass is 534 g/mol. The molecule has 3 aromatic heterocycles. The van der Waals surface area contributed by atoms with E-state index in [9.17, 15) is 9.59 Å². The van der Waals surface area contributed by atoms with Gasteiger partial charge in [-0.25, -0.2) is 4.79 Å². The quantitative estimate of drug-likeness (QED) is 0.185.